The first-order chi connectivity index (χ1) is 26.9. The summed E-state index contributed by atoms with van der Waals surface area (Å²) in [6.45, 7) is 3.62. The summed E-state index contributed by atoms with van der Waals surface area (Å²) in [5.74, 6) is -3.93. The van der Waals surface area contributed by atoms with Crippen LogP contribution in [0, 0.1) is 5.92 Å². The molecule has 1 saturated heterocycles. The van der Waals surface area contributed by atoms with Gasteiger partial charge in [0.15, 0.2) is 0 Å². The average molecular weight is 825 g/mol. The van der Waals surface area contributed by atoms with Gasteiger partial charge in [-0.1, -0.05) is 49.4 Å². The fraction of sp³-hybridized carbons (Fsp3) is 0.349. The van der Waals surface area contributed by atoms with Crippen molar-refractivity contribution in [2.45, 2.75) is 75.6 Å². The van der Waals surface area contributed by atoms with Crippen LogP contribution in [-0.4, -0.2) is 62.2 Å². The molecule has 0 atom stereocenters. The SMILES string of the molecule is CCN([C@H]1CC[C@H](C(=O)[O-])CC1)S(=O)(=O)c1cccc(C(=O)Nc2ccc(N3CCCCC3)cc2C(=O)Nc2ccc(CCc3ccc(C(=O)[O-])cc3)cc2)c1.[Na+].[Na+]. The number of aliphatic carboxylic acids is 1. The maximum atomic E-state index is 13.9. The molecule has 2 amide bonds. The van der Waals surface area contributed by atoms with Crippen molar-refractivity contribution < 1.29 is 96.9 Å². The monoisotopic (exact) mass is 824 g/mol. The molecule has 0 radical (unpaired) electrons. The van der Waals surface area contributed by atoms with E-state index in [1.807, 2.05) is 18.2 Å². The van der Waals surface area contributed by atoms with Crippen molar-refractivity contribution in [2.24, 2.45) is 5.92 Å². The Hall–Kier alpha value is -3.53. The molecule has 1 aliphatic carbocycles. The number of hydrogen-bond donors (Lipinski definition) is 2. The molecule has 4 aromatic carbocycles. The Morgan fingerprint density at radius 2 is 1.34 bits per heavy atom. The predicted octanol–water partition coefficient (Wildman–Crippen LogP) is -1.34. The van der Waals surface area contributed by atoms with E-state index in [9.17, 15) is 37.8 Å². The van der Waals surface area contributed by atoms with Crippen LogP contribution in [0.4, 0.5) is 17.1 Å². The Labute approximate surface area is 384 Å². The second-order valence-corrected chi connectivity index (χ2v) is 16.3. The number of carboxylic acids is 2. The van der Waals surface area contributed by atoms with Gasteiger partial charge in [-0.15, -0.1) is 0 Å². The number of benzene rings is 4. The van der Waals surface area contributed by atoms with Gasteiger partial charge in [-0.3, -0.25) is 9.59 Å². The van der Waals surface area contributed by atoms with Gasteiger partial charge >= 0.3 is 59.1 Å². The number of carbonyl (C=O) groups excluding carboxylic acids is 4. The fourth-order valence-corrected chi connectivity index (χ4v) is 9.32. The molecule has 2 N–H and O–H groups in total. The maximum Gasteiger partial charge on any atom is 1.00 e. The van der Waals surface area contributed by atoms with Crippen molar-refractivity contribution in [1.29, 1.82) is 0 Å². The number of anilines is 3. The van der Waals surface area contributed by atoms with Crippen LogP contribution in [0.3, 0.4) is 0 Å². The van der Waals surface area contributed by atoms with Gasteiger partial charge in [0, 0.05) is 48.6 Å². The molecule has 0 spiro atoms. The molecular formula is C43H46N4Na2O8S. The van der Waals surface area contributed by atoms with E-state index in [1.54, 1.807) is 43.3 Å². The van der Waals surface area contributed by atoms with Gasteiger partial charge in [0.25, 0.3) is 11.8 Å². The average Bonchev–Trinajstić information content (AvgIpc) is 3.21. The Morgan fingerprint density at radius 3 is 1.93 bits per heavy atom. The molecule has 1 heterocycles. The molecule has 0 bridgehead atoms. The summed E-state index contributed by atoms with van der Waals surface area (Å²) in [6, 6.07) is 24.8. The zero-order chi connectivity index (χ0) is 39.8. The van der Waals surface area contributed by atoms with Crippen molar-refractivity contribution in [1.82, 2.24) is 4.31 Å². The quantitative estimate of drug-likeness (QED) is 0.146. The third-order valence-electron chi connectivity index (χ3n) is 10.8. The van der Waals surface area contributed by atoms with Crippen LogP contribution in [0.2, 0.25) is 0 Å². The Bertz CT molecular complexity index is 2170. The van der Waals surface area contributed by atoms with Crippen LogP contribution in [0.15, 0.2) is 95.9 Å². The molecular weight excluding hydrogens is 779 g/mol. The summed E-state index contributed by atoms with van der Waals surface area (Å²) in [5, 5.41) is 28.2. The molecule has 0 aromatic heterocycles. The van der Waals surface area contributed by atoms with Crippen LogP contribution in [0.5, 0.6) is 0 Å². The van der Waals surface area contributed by atoms with Crippen molar-refractivity contribution in [3.8, 4) is 0 Å². The van der Waals surface area contributed by atoms with Crippen LogP contribution in [-0.2, 0) is 27.7 Å². The molecule has 58 heavy (non-hydrogen) atoms. The van der Waals surface area contributed by atoms with Gasteiger partial charge in [0.2, 0.25) is 10.0 Å². The van der Waals surface area contributed by atoms with E-state index in [0.29, 0.717) is 44.2 Å². The summed E-state index contributed by atoms with van der Waals surface area (Å²) in [7, 11) is -4.02. The zero-order valence-electron chi connectivity index (χ0n) is 33.4. The molecule has 2 fully saturated rings. The molecule has 1 saturated carbocycles. The van der Waals surface area contributed by atoms with E-state index < -0.39 is 39.7 Å². The predicted molar refractivity (Wildman–Crippen MR) is 210 cm³/mol. The number of nitrogens with zero attached hydrogens (tertiary/aromatic N) is 2. The summed E-state index contributed by atoms with van der Waals surface area (Å²) < 4.78 is 29.1. The van der Waals surface area contributed by atoms with Gasteiger partial charge < -0.3 is 35.3 Å². The van der Waals surface area contributed by atoms with Gasteiger partial charge in [-0.05, 0) is 129 Å². The van der Waals surface area contributed by atoms with Crippen molar-refractivity contribution in [2.75, 3.05) is 35.2 Å². The molecule has 1 aliphatic heterocycles. The smallest absolute Gasteiger partial charge is 0.550 e. The largest absolute Gasteiger partial charge is 1.00 e. The number of amides is 2. The molecule has 12 nitrogen and oxygen atoms in total. The number of carboxylic acid groups (broad SMARTS) is 2. The van der Waals surface area contributed by atoms with Crippen molar-refractivity contribution in [3.63, 3.8) is 0 Å². The van der Waals surface area contributed by atoms with Gasteiger partial charge in [-0.25, -0.2) is 8.42 Å². The van der Waals surface area contributed by atoms with Crippen molar-refractivity contribution >= 4 is 50.8 Å². The Kier molecular flexibility index (Phi) is 17.6. The summed E-state index contributed by atoms with van der Waals surface area (Å²) >= 11 is 0. The normalized spacial score (nSPS) is 16.7. The first-order valence-corrected chi connectivity index (χ1v) is 20.6. The summed E-state index contributed by atoms with van der Waals surface area (Å²) in [5.41, 5.74) is 4.18. The fourth-order valence-electron chi connectivity index (χ4n) is 7.58. The number of hydrogen-bond acceptors (Lipinski definition) is 9. The topological polar surface area (TPSA) is 179 Å². The van der Waals surface area contributed by atoms with E-state index in [2.05, 4.69) is 15.5 Å². The maximum absolute atomic E-state index is 13.9. The number of aromatic carboxylic acids is 1. The van der Waals surface area contributed by atoms with Gasteiger partial charge in [0.05, 0.1) is 22.1 Å². The number of sulfonamides is 1. The molecule has 4 aromatic rings. The molecule has 294 valence electrons. The van der Waals surface area contributed by atoms with Gasteiger partial charge in [-0.2, -0.15) is 4.31 Å². The second kappa shape index (κ2) is 21.6. The number of piperidine rings is 1. The molecule has 0 unspecified atom stereocenters. The standard InChI is InChI=1S/C43H48N4O8S.2Na/c1-2-47(35-21-17-32(18-22-35)43(52)53)56(54,55)37-8-6-7-33(27-37)40(48)45-39-24-23-36(46-25-4-3-5-26-46)28-38(39)41(49)44-34-19-13-30(14-20-34)10-9-29-11-15-31(16-12-29)42(50)51;;/h6-8,11-16,19-20,23-24,27-28,32,35H,2-5,9-10,17-18,21-22,25-26H2,1H3,(H,44,49)(H,45,48)(H,50,51)(H,52,53);;/q;2*+1/p-2/t32-,35-;;. The number of nitrogens with one attached hydrogen (secondary N) is 2. The van der Waals surface area contributed by atoms with Crippen LogP contribution < -0.4 is 84.9 Å². The summed E-state index contributed by atoms with van der Waals surface area (Å²) in [4.78, 5) is 52.2. The first-order valence-electron chi connectivity index (χ1n) is 19.2. The zero-order valence-corrected chi connectivity index (χ0v) is 38.2. The number of aryl methyl sites for hydroxylation is 2. The first kappa shape index (κ1) is 47.2. The van der Waals surface area contributed by atoms with Crippen molar-refractivity contribution in [3.05, 3.63) is 119 Å². The van der Waals surface area contributed by atoms with Crippen LogP contribution in [0.25, 0.3) is 0 Å². The van der Waals surface area contributed by atoms with E-state index in [1.165, 1.54) is 40.7 Å². The van der Waals surface area contributed by atoms with E-state index in [-0.39, 0.29) is 99.0 Å². The van der Waals surface area contributed by atoms with E-state index >= 15 is 0 Å². The molecule has 6 rings (SSSR count). The van der Waals surface area contributed by atoms with Crippen LogP contribution >= 0.6 is 0 Å². The minimum atomic E-state index is -4.02. The van der Waals surface area contributed by atoms with E-state index in [4.69, 9.17) is 0 Å². The molecule has 2 aliphatic rings. The Morgan fingerprint density at radius 1 is 0.724 bits per heavy atom. The summed E-state index contributed by atoms with van der Waals surface area (Å²) in [6.07, 6.45) is 6.09. The minimum Gasteiger partial charge on any atom is -0.550 e. The third-order valence-corrected chi connectivity index (χ3v) is 12.8. The number of carbonyl (C=O) groups is 4. The molecule has 15 heteroatoms. The second-order valence-electron chi connectivity index (χ2n) is 14.4. The number of rotatable bonds is 14. The Balaban J connectivity index is 0.00000372. The van der Waals surface area contributed by atoms with E-state index in [0.717, 1.165) is 49.2 Å². The minimum absolute atomic E-state index is 0. The van der Waals surface area contributed by atoms with Crippen LogP contribution in [0.1, 0.15) is 94.1 Å². The van der Waals surface area contributed by atoms with Gasteiger partial charge in [0.1, 0.15) is 0 Å². The third kappa shape index (κ3) is 11.8.